The molecule has 1 aromatic rings. The van der Waals surface area contributed by atoms with Crippen LogP contribution in [-0.4, -0.2) is 76.5 Å². The summed E-state index contributed by atoms with van der Waals surface area (Å²) < 4.78 is 32.1. The summed E-state index contributed by atoms with van der Waals surface area (Å²) in [7, 11) is -2.14. The number of benzene rings is 1. The predicted molar refractivity (Wildman–Crippen MR) is 112 cm³/mol. The summed E-state index contributed by atoms with van der Waals surface area (Å²) in [6.45, 7) is 2.95. The number of likely N-dealkylation sites (tertiary alicyclic amines) is 2. The molecule has 166 valence electrons. The van der Waals surface area contributed by atoms with Crippen LogP contribution in [-0.2, 0) is 14.8 Å². The molecule has 0 aromatic heterocycles. The van der Waals surface area contributed by atoms with Crippen LogP contribution in [0, 0.1) is 5.92 Å². The van der Waals surface area contributed by atoms with E-state index in [-0.39, 0.29) is 35.8 Å². The Morgan fingerprint density at radius 3 is 2.37 bits per heavy atom. The average Bonchev–Trinajstić information content (AvgIpc) is 3.31. The summed E-state index contributed by atoms with van der Waals surface area (Å²) in [6, 6.07) is 6.11. The number of methoxy groups -OCH3 is 1. The fourth-order valence-corrected chi connectivity index (χ4v) is 4.86. The molecule has 2 heterocycles. The number of hydrogen-bond donors (Lipinski definition) is 2. The van der Waals surface area contributed by atoms with Crippen LogP contribution in [0.3, 0.4) is 0 Å². The molecule has 30 heavy (non-hydrogen) atoms. The molecule has 0 bridgehead atoms. The van der Waals surface area contributed by atoms with E-state index in [1.807, 2.05) is 4.90 Å². The Balaban J connectivity index is 1.43. The molecule has 0 saturated carbocycles. The summed E-state index contributed by atoms with van der Waals surface area (Å²) in [5, 5.41) is 2.79. The lowest BCUT2D eigenvalue weighted by Crippen LogP contribution is -2.50. The number of nitrogens with zero attached hydrogens (tertiary/aromatic N) is 2. The number of ether oxygens (including phenoxy) is 1. The van der Waals surface area contributed by atoms with Crippen molar-refractivity contribution in [2.45, 2.75) is 30.6 Å². The molecule has 2 saturated heterocycles. The number of rotatable bonds is 7. The third-order valence-electron chi connectivity index (χ3n) is 5.53. The van der Waals surface area contributed by atoms with E-state index in [2.05, 4.69) is 10.0 Å². The average molecular weight is 439 g/mol. The summed E-state index contributed by atoms with van der Waals surface area (Å²) >= 11 is 0. The zero-order valence-electron chi connectivity index (χ0n) is 17.3. The van der Waals surface area contributed by atoms with Gasteiger partial charge in [-0.1, -0.05) is 0 Å². The second-order valence-electron chi connectivity index (χ2n) is 7.63. The number of carbonyl (C=O) groups excluding carboxylic acids is 2. The molecule has 0 spiro atoms. The summed E-state index contributed by atoms with van der Waals surface area (Å²) in [5.41, 5.74) is 0. The third-order valence-corrected chi connectivity index (χ3v) is 7.00. The monoisotopic (exact) mass is 438 g/mol. The van der Waals surface area contributed by atoms with Crippen LogP contribution in [0.5, 0.6) is 5.75 Å². The fraction of sp³-hybridized carbons (Fsp3) is 0.600. The lowest BCUT2D eigenvalue weighted by molar-refractivity contribution is -0.126. The smallest absolute Gasteiger partial charge is 0.320 e. The lowest BCUT2D eigenvalue weighted by atomic mass is 9.97. The zero-order chi connectivity index (χ0) is 21.6. The van der Waals surface area contributed by atoms with Crippen molar-refractivity contribution in [3.63, 3.8) is 0 Å². The molecular weight excluding hydrogens is 408 g/mol. The maximum Gasteiger partial charge on any atom is 0.320 e. The van der Waals surface area contributed by atoms with Crippen molar-refractivity contribution >= 4 is 22.0 Å². The van der Waals surface area contributed by atoms with Crippen LogP contribution in [0.1, 0.15) is 25.7 Å². The Hall–Kier alpha value is -2.33. The Bertz CT molecular complexity index is 837. The van der Waals surface area contributed by atoms with Crippen molar-refractivity contribution in [3.05, 3.63) is 24.3 Å². The van der Waals surface area contributed by atoms with Gasteiger partial charge in [0.15, 0.2) is 0 Å². The Kier molecular flexibility index (Phi) is 7.54. The largest absolute Gasteiger partial charge is 0.497 e. The number of nitrogens with one attached hydrogen (secondary N) is 2. The van der Waals surface area contributed by atoms with Gasteiger partial charge in [-0.3, -0.25) is 4.79 Å². The Morgan fingerprint density at radius 2 is 1.70 bits per heavy atom. The molecule has 9 nitrogen and oxygen atoms in total. The van der Waals surface area contributed by atoms with Crippen molar-refractivity contribution < 1.29 is 22.7 Å². The molecule has 0 aliphatic carbocycles. The first-order valence-electron chi connectivity index (χ1n) is 10.4. The third kappa shape index (κ3) is 5.63. The quantitative estimate of drug-likeness (QED) is 0.618. The fourth-order valence-electron chi connectivity index (χ4n) is 3.83. The highest BCUT2D eigenvalue weighted by atomic mass is 32.2. The standard InChI is InChI=1S/C20H30N4O5S/c1-29-17-6-8-18(9-7-17)30(27,28)22-11-10-21-19(25)16-5-4-14-24(15-16)20(26)23-12-2-3-13-23/h6-9,16,22H,2-5,10-15H2,1H3,(H,21,25). The molecule has 2 aliphatic heterocycles. The van der Waals surface area contributed by atoms with Gasteiger partial charge < -0.3 is 19.9 Å². The van der Waals surface area contributed by atoms with Gasteiger partial charge in [0.2, 0.25) is 15.9 Å². The SMILES string of the molecule is COc1ccc(S(=O)(=O)NCCNC(=O)C2CCCN(C(=O)N3CCCC3)C2)cc1. The van der Waals surface area contributed by atoms with Crippen LogP contribution in [0.15, 0.2) is 29.2 Å². The number of amides is 3. The minimum Gasteiger partial charge on any atom is -0.497 e. The van der Waals surface area contributed by atoms with Crippen LogP contribution >= 0.6 is 0 Å². The van der Waals surface area contributed by atoms with Gasteiger partial charge in [0.1, 0.15) is 5.75 Å². The summed E-state index contributed by atoms with van der Waals surface area (Å²) in [6.07, 6.45) is 3.60. The molecule has 1 atom stereocenters. The molecule has 0 radical (unpaired) electrons. The van der Waals surface area contributed by atoms with Crippen LogP contribution < -0.4 is 14.8 Å². The molecule has 3 amide bonds. The number of piperidine rings is 1. The van der Waals surface area contributed by atoms with Crippen molar-refractivity contribution in [3.8, 4) is 5.75 Å². The van der Waals surface area contributed by atoms with Gasteiger partial charge in [-0.05, 0) is 49.9 Å². The van der Waals surface area contributed by atoms with Crippen molar-refractivity contribution in [1.29, 1.82) is 0 Å². The number of carbonyl (C=O) groups is 2. The van der Waals surface area contributed by atoms with E-state index in [4.69, 9.17) is 4.74 Å². The first-order valence-corrected chi connectivity index (χ1v) is 11.8. The Labute approximate surface area is 177 Å². The van der Waals surface area contributed by atoms with E-state index in [1.165, 1.54) is 19.2 Å². The highest BCUT2D eigenvalue weighted by Crippen LogP contribution is 2.20. The van der Waals surface area contributed by atoms with Crippen molar-refractivity contribution in [2.75, 3.05) is 46.4 Å². The number of urea groups is 1. The Morgan fingerprint density at radius 1 is 1.03 bits per heavy atom. The van der Waals surface area contributed by atoms with Gasteiger partial charge in [-0.2, -0.15) is 0 Å². The van der Waals surface area contributed by atoms with E-state index in [0.717, 1.165) is 38.8 Å². The van der Waals surface area contributed by atoms with E-state index < -0.39 is 10.0 Å². The zero-order valence-corrected chi connectivity index (χ0v) is 18.1. The highest BCUT2D eigenvalue weighted by Gasteiger charge is 2.31. The molecule has 3 rings (SSSR count). The molecule has 2 N–H and O–H groups in total. The van der Waals surface area contributed by atoms with E-state index in [1.54, 1.807) is 17.0 Å². The molecule has 1 unspecified atom stereocenters. The summed E-state index contributed by atoms with van der Waals surface area (Å²) in [4.78, 5) is 28.8. The molecule has 10 heteroatoms. The van der Waals surface area contributed by atoms with Crippen LogP contribution in [0.25, 0.3) is 0 Å². The minimum absolute atomic E-state index is 0.0252. The molecule has 1 aromatic carbocycles. The van der Waals surface area contributed by atoms with Gasteiger partial charge in [0, 0.05) is 39.3 Å². The van der Waals surface area contributed by atoms with Gasteiger partial charge in [-0.15, -0.1) is 0 Å². The topological polar surface area (TPSA) is 108 Å². The van der Waals surface area contributed by atoms with Gasteiger partial charge in [0.05, 0.1) is 17.9 Å². The second kappa shape index (κ2) is 10.1. The van der Waals surface area contributed by atoms with Gasteiger partial charge in [-0.25, -0.2) is 17.9 Å². The molecule has 2 fully saturated rings. The first kappa shape index (κ1) is 22.4. The van der Waals surface area contributed by atoms with E-state index >= 15 is 0 Å². The maximum absolute atomic E-state index is 12.5. The lowest BCUT2D eigenvalue weighted by Gasteiger charge is -2.34. The normalized spacial score (nSPS) is 19.6. The molecular formula is C20H30N4O5S. The maximum atomic E-state index is 12.5. The van der Waals surface area contributed by atoms with Gasteiger partial charge in [0.25, 0.3) is 0 Å². The highest BCUT2D eigenvalue weighted by molar-refractivity contribution is 7.89. The van der Waals surface area contributed by atoms with E-state index in [9.17, 15) is 18.0 Å². The van der Waals surface area contributed by atoms with Crippen molar-refractivity contribution in [2.24, 2.45) is 5.92 Å². The number of hydrogen-bond acceptors (Lipinski definition) is 5. The first-order chi connectivity index (χ1) is 14.4. The van der Waals surface area contributed by atoms with Crippen molar-refractivity contribution in [1.82, 2.24) is 19.8 Å². The van der Waals surface area contributed by atoms with E-state index in [0.29, 0.717) is 18.8 Å². The number of sulfonamides is 1. The second-order valence-corrected chi connectivity index (χ2v) is 9.39. The van der Waals surface area contributed by atoms with Gasteiger partial charge >= 0.3 is 6.03 Å². The molecule has 2 aliphatic rings. The minimum atomic E-state index is -3.65. The van der Waals surface area contributed by atoms with Crippen LogP contribution in [0.2, 0.25) is 0 Å². The predicted octanol–water partition coefficient (Wildman–Crippen LogP) is 1.02. The van der Waals surface area contributed by atoms with Crippen LogP contribution in [0.4, 0.5) is 4.79 Å². The summed E-state index contributed by atoms with van der Waals surface area (Å²) in [5.74, 6) is 0.173.